The molecule has 0 saturated heterocycles. The summed E-state index contributed by atoms with van der Waals surface area (Å²) in [6.07, 6.45) is 6.54. The molecule has 43 valence electrons. The van der Waals surface area contributed by atoms with Gasteiger partial charge in [-0.1, -0.05) is 0 Å². The smallest absolute Gasteiger partial charge is 0.412 e. The third-order valence-electron chi connectivity index (χ3n) is 0.859. The average Bonchev–Trinajstić information content (AvgIpc) is 1.55. The molecule has 0 aromatic carbocycles. The van der Waals surface area contributed by atoms with Crippen LogP contribution in [-0.4, -0.2) is 29.7 Å². The maximum absolute atomic E-state index is 2.33. The molecule has 1 aliphatic heterocycles. The molecular formula is C6H9OSn. The zero-order chi connectivity index (χ0) is 5.11. The van der Waals surface area contributed by atoms with Crippen LogP contribution < -0.4 is 0 Å². The van der Waals surface area contributed by atoms with Crippen LogP contribution >= 0.6 is 0 Å². The Hall–Kier alpha value is 0.109. The summed E-state index contributed by atoms with van der Waals surface area (Å²) < 4.78 is 3.95. The van der Waals surface area contributed by atoms with Gasteiger partial charge in [0.15, 0.2) is 0 Å². The third-order valence-corrected chi connectivity index (χ3v) is 3.71. The molecule has 0 amide bonds. The van der Waals surface area contributed by atoms with E-state index in [-0.39, 0.29) is 26.1 Å². The van der Waals surface area contributed by atoms with Gasteiger partial charge in [-0.15, -0.1) is 0 Å². The van der Waals surface area contributed by atoms with Crippen LogP contribution in [0.2, 0.25) is 0 Å². The molecule has 1 aliphatic rings. The SMILES string of the molecule is CC=C[C]1=[Sn][CH]=C1.O. The van der Waals surface area contributed by atoms with Crippen LogP contribution in [0.4, 0.5) is 0 Å². The van der Waals surface area contributed by atoms with Crippen LogP contribution in [0, 0.1) is 0 Å². The monoisotopic (exact) mass is 217 g/mol. The van der Waals surface area contributed by atoms with Crippen molar-refractivity contribution in [2.24, 2.45) is 0 Å². The second-order valence-corrected chi connectivity index (χ2v) is 4.86. The van der Waals surface area contributed by atoms with Crippen molar-refractivity contribution in [3.63, 3.8) is 0 Å². The molecule has 0 aromatic heterocycles. The molecule has 1 nitrogen and oxygen atoms in total. The van der Waals surface area contributed by atoms with Crippen LogP contribution in [-0.2, 0) is 0 Å². The summed E-state index contributed by atoms with van der Waals surface area (Å²) in [7, 11) is 0. The van der Waals surface area contributed by atoms with Crippen LogP contribution in [0.5, 0.6) is 0 Å². The Morgan fingerprint density at radius 2 is 2.25 bits per heavy atom. The molecule has 1 radical (unpaired) electrons. The Balaban J connectivity index is 0.000000490. The van der Waals surface area contributed by atoms with Crippen molar-refractivity contribution < 1.29 is 5.48 Å². The molecule has 0 bridgehead atoms. The number of hydrogen-bond acceptors (Lipinski definition) is 0. The molecular weight excluding hydrogens is 207 g/mol. The zero-order valence-electron chi connectivity index (χ0n) is 4.81. The van der Waals surface area contributed by atoms with Gasteiger partial charge in [0.2, 0.25) is 0 Å². The first-order valence-corrected chi connectivity index (χ1v) is 5.43. The van der Waals surface area contributed by atoms with E-state index in [9.17, 15) is 0 Å². The summed E-state index contributed by atoms with van der Waals surface area (Å²) in [5.41, 5.74) is 0. The summed E-state index contributed by atoms with van der Waals surface area (Å²) in [6.45, 7) is 2.07. The molecule has 0 fully saturated rings. The van der Waals surface area contributed by atoms with Crippen molar-refractivity contribution in [3.05, 3.63) is 22.3 Å². The van der Waals surface area contributed by atoms with E-state index in [0.29, 0.717) is 0 Å². The van der Waals surface area contributed by atoms with Gasteiger partial charge in [0.25, 0.3) is 0 Å². The van der Waals surface area contributed by atoms with Gasteiger partial charge in [-0.3, -0.25) is 0 Å². The maximum Gasteiger partial charge on any atom is -0.412 e. The summed E-state index contributed by atoms with van der Waals surface area (Å²) >= 11 is -0.0698. The van der Waals surface area contributed by atoms with E-state index in [4.69, 9.17) is 0 Å². The number of allylic oxidation sites excluding steroid dienone is 3. The van der Waals surface area contributed by atoms with Gasteiger partial charge in [-0.05, 0) is 0 Å². The van der Waals surface area contributed by atoms with E-state index in [1.807, 2.05) is 0 Å². The van der Waals surface area contributed by atoms with Gasteiger partial charge in [-0.2, -0.15) is 0 Å². The molecule has 0 saturated carbocycles. The molecule has 2 heteroatoms. The Bertz CT molecular complexity index is 145. The Morgan fingerprint density at radius 1 is 1.62 bits per heavy atom. The molecule has 0 atom stereocenters. The van der Waals surface area contributed by atoms with Gasteiger partial charge >= 0.3 is 53.4 Å². The van der Waals surface area contributed by atoms with Crippen molar-refractivity contribution in [1.29, 1.82) is 0 Å². The summed E-state index contributed by atoms with van der Waals surface area (Å²) in [4.78, 5) is 0. The minimum atomic E-state index is -0.0698. The molecule has 0 spiro atoms. The van der Waals surface area contributed by atoms with Crippen molar-refractivity contribution in [2.75, 3.05) is 0 Å². The van der Waals surface area contributed by atoms with Crippen LogP contribution in [0.15, 0.2) is 22.3 Å². The third kappa shape index (κ3) is 1.92. The molecule has 1 heterocycles. The fourth-order valence-electron chi connectivity index (χ4n) is 0.463. The number of rotatable bonds is 1. The average molecular weight is 216 g/mol. The van der Waals surface area contributed by atoms with E-state index in [2.05, 4.69) is 29.2 Å². The van der Waals surface area contributed by atoms with Gasteiger partial charge in [0.05, 0.1) is 0 Å². The quantitative estimate of drug-likeness (QED) is 0.558. The first-order valence-electron chi connectivity index (χ1n) is 2.36. The Labute approximate surface area is 59.1 Å². The molecule has 2 N–H and O–H groups in total. The fraction of sp³-hybridized carbons (Fsp3) is 0.167. The van der Waals surface area contributed by atoms with E-state index >= 15 is 0 Å². The van der Waals surface area contributed by atoms with Crippen molar-refractivity contribution in [1.82, 2.24) is 0 Å². The van der Waals surface area contributed by atoms with E-state index < -0.39 is 0 Å². The largest absolute Gasteiger partial charge is 0.412 e. The van der Waals surface area contributed by atoms with E-state index in [0.717, 1.165) is 0 Å². The molecule has 0 aliphatic carbocycles. The zero-order valence-corrected chi connectivity index (χ0v) is 7.66. The molecule has 8 heavy (non-hydrogen) atoms. The predicted octanol–water partition coefficient (Wildman–Crippen LogP) is 0.142. The van der Waals surface area contributed by atoms with Crippen molar-refractivity contribution >= 4 is 24.2 Å². The normalized spacial score (nSPS) is 14.9. The van der Waals surface area contributed by atoms with E-state index in [1.54, 1.807) is 3.52 Å². The van der Waals surface area contributed by atoms with Crippen LogP contribution in [0.25, 0.3) is 0 Å². The fourth-order valence-corrected chi connectivity index (χ4v) is 2.24. The second-order valence-electron chi connectivity index (χ2n) is 1.43. The topological polar surface area (TPSA) is 31.5 Å². The van der Waals surface area contributed by atoms with Gasteiger partial charge in [-0.25, -0.2) is 0 Å². The van der Waals surface area contributed by atoms with Crippen LogP contribution in [0.1, 0.15) is 6.92 Å². The first kappa shape index (κ1) is 8.11. The second kappa shape index (κ2) is 4.03. The van der Waals surface area contributed by atoms with Crippen LogP contribution in [0.3, 0.4) is 0 Å². The predicted molar refractivity (Wildman–Crippen MR) is 38.3 cm³/mol. The van der Waals surface area contributed by atoms with E-state index in [1.165, 1.54) is 0 Å². The summed E-state index contributed by atoms with van der Waals surface area (Å²) in [6, 6.07) is 0. The molecule has 0 aromatic rings. The Morgan fingerprint density at radius 3 is 2.38 bits per heavy atom. The van der Waals surface area contributed by atoms with Gasteiger partial charge < -0.3 is 5.48 Å². The number of hydrogen-bond donors (Lipinski definition) is 0. The van der Waals surface area contributed by atoms with Crippen molar-refractivity contribution in [2.45, 2.75) is 6.92 Å². The summed E-state index contributed by atoms with van der Waals surface area (Å²) in [5.74, 6) is 0. The molecule has 1 rings (SSSR count). The maximum atomic E-state index is 2.33. The standard InChI is InChI=1S/C6H7.H2O.Sn/c1-3-5-6-4-2;;/h1,3-4,6H,2H3;1H2;. The first-order chi connectivity index (χ1) is 3.43. The molecule has 0 unspecified atom stereocenters. The minimum Gasteiger partial charge on any atom is -0.412 e. The van der Waals surface area contributed by atoms with Gasteiger partial charge in [0.1, 0.15) is 0 Å². The summed E-state index contributed by atoms with van der Waals surface area (Å²) in [5, 5.41) is 0. The Kier molecular flexibility index (Phi) is 4.09. The van der Waals surface area contributed by atoms with Gasteiger partial charge in [0, 0.05) is 0 Å². The van der Waals surface area contributed by atoms with Crippen molar-refractivity contribution in [3.8, 4) is 0 Å². The minimum absolute atomic E-state index is 0.